The summed E-state index contributed by atoms with van der Waals surface area (Å²) in [7, 11) is 0. The largest absolute Gasteiger partial charge is 0.325 e. The van der Waals surface area contributed by atoms with E-state index in [2.05, 4.69) is 16.0 Å². The van der Waals surface area contributed by atoms with Crippen molar-refractivity contribution in [2.45, 2.75) is 4.90 Å². The number of anilines is 2. The zero-order valence-corrected chi connectivity index (χ0v) is 23.1. The fourth-order valence-electron chi connectivity index (χ4n) is 3.42. The molecule has 4 rings (SSSR count). The first-order valence-electron chi connectivity index (χ1n) is 11.9. The number of hydrogen-bond acceptors (Lipinski definition) is 4. The van der Waals surface area contributed by atoms with Crippen molar-refractivity contribution in [2.75, 3.05) is 16.4 Å². The molecule has 3 amide bonds. The van der Waals surface area contributed by atoms with Crippen molar-refractivity contribution >= 4 is 70.1 Å². The molecule has 0 aliphatic rings. The van der Waals surface area contributed by atoms with Gasteiger partial charge in [0.25, 0.3) is 11.8 Å². The van der Waals surface area contributed by atoms with E-state index in [0.717, 1.165) is 4.90 Å². The summed E-state index contributed by atoms with van der Waals surface area (Å²) in [4.78, 5) is 39.0. The van der Waals surface area contributed by atoms with Crippen molar-refractivity contribution in [3.8, 4) is 0 Å². The lowest BCUT2D eigenvalue weighted by molar-refractivity contribution is -0.114. The zero-order chi connectivity index (χ0) is 28.5. The molecule has 202 valence electrons. The van der Waals surface area contributed by atoms with Gasteiger partial charge in [0.15, 0.2) is 0 Å². The Hall–Kier alpha value is -4.11. The molecule has 0 saturated carbocycles. The summed E-state index contributed by atoms with van der Waals surface area (Å²) in [5.41, 5.74) is 1.92. The first-order chi connectivity index (χ1) is 19.3. The first-order valence-corrected chi connectivity index (χ1v) is 13.6. The summed E-state index contributed by atoms with van der Waals surface area (Å²) < 4.78 is 13.4. The lowest BCUT2D eigenvalue weighted by atomic mass is 10.1. The van der Waals surface area contributed by atoms with Crippen LogP contribution in [-0.2, 0) is 9.59 Å². The Bertz CT molecular complexity index is 1550. The summed E-state index contributed by atoms with van der Waals surface area (Å²) in [5, 5.41) is 8.90. The second-order valence-corrected chi connectivity index (χ2v) is 10.2. The minimum atomic E-state index is -0.560. The van der Waals surface area contributed by atoms with Crippen LogP contribution >= 0.6 is 35.0 Å². The highest BCUT2D eigenvalue weighted by Crippen LogP contribution is 2.26. The standard InChI is InChI=1S/C30H22Cl2FN3O3S/c31-25-15-12-23(17-26(25)32)34-28(37)18-40-24-13-10-22(11-14-24)35-30(39)27(16-19-6-8-21(33)9-7-19)36-29(38)20-4-2-1-3-5-20/h1-17H,18H2,(H,34,37)(H,35,39)(H,36,38)/b27-16-. The van der Waals surface area contributed by atoms with E-state index in [-0.39, 0.29) is 17.4 Å². The minimum Gasteiger partial charge on any atom is -0.325 e. The molecule has 0 heterocycles. The summed E-state index contributed by atoms with van der Waals surface area (Å²) >= 11 is 13.2. The van der Waals surface area contributed by atoms with Crippen molar-refractivity contribution < 1.29 is 18.8 Å². The van der Waals surface area contributed by atoms with Gasteiger partial charge in [-0.2, -0.15) is 0 Å². The smallest absolute Gasteiger partial charge is 0.272 e. The molecule has 0 aliphatic heterocycles. The zero-order valence-electron chi connectivity index (χ0n) is 20.8. The molecule has 0 bridgehead atoms. The van der Waals surface area contributed by atoms with E-state index < -0.39 is 17.6 Å². The van der Waals surface area contributed by atoms with E-state index >= 15 is 0 Å². The topological polar surface area (TPSA) is 87.3 Å². The average molecular weight is 594 g/mol. The molecular formula is C30H22Cl2FN3O3S. The number of carbonyl (C=O) groups is 3. The van der Waals surface area contributed by atoms with Crippen LogP contribution in [0, 0.1) is 5.82 Å². The number of amides is 3. The van der Waals surface area contributed by atoms with Gasteiger partial charge in [0.05, 0.1) is 15.8 Å². The van der Waals surface area contributed by atoms with Crippen molar-refractivity contribution in [1.29, 1.82) is 0 Å². The SMILES string of the molecule is O=C(CSc1ccc(NC(=O)/C(=C/c2ccc(F)cc2)NC(=O)c2ccccc2)cc1)Nc1ccc(Cl)c(Cl)c1. The van der Waals surface area contributed by atoms with Crippen LogP contribution in [0.15, 0.2) is 108 Å². The number of rotatable bonds is 9. The number of halogens is 3. The fraction of sp³-hybridized carbons (Fsp3) is 0.0333. The average Bonchev–Trinajstić information content (AvgIpc) is 2.96. The predicted octanol–water partition coefficient (Wildman–Crippen LogP) is 7.27. The third kappa shape index (κ3) is 8.44. The van der Waals surface area contributed by atoms with Crippen molar-refractivity contribution in [1.82, 2.24) is 5.32 Å². The fourth-order valence-corrected chi connectivity index (χ4v) is 4.42. The van der Waals surface area contributed by atoms with E-state index in [4.69, 9.17) is 23.2 Å². The maximum atomic E-state index is 13.4. The molecule has 4 aromatic carbocycles. The van der Waals surface area contributed by atoms with Gasteiger partial charge in [-0.3, -0.25) is 14.4 Å². The van der Waals surface area contributed by atoms with Gasteiger partial charge in [0, 0.05) is 21.8 Å². The number of carbonyl (C=O) groups excluding carboxylic acids is 3. The van der Waals surface area contributed by atoms with Crippen LogP contribution in [0.5, 0.6) is 0 Å². The molecule has 0 saturated heterocycles. The van der Waals surface area contributed by atoms with Crippen LogP contribution in [0.25, 0.3) is 6.08 Å². The molecule has 4 aromatic rings. The van der Waals surface area contributed by atoms with Gasteiger partial charge in [-0.1, -0.05) is 53.5 Å². The molecule has 0 radical (unpaired) electrons. The maximum Gasteiger partial charge on any atom is 0.272 e. The van der Waals surface area contributed by atoms with Crippen molar-refractivity contribution in [2.24, 2.45) is 0 Å². The molecule has 0 spiro atoms. The van der Waals surface area contributed by atoms with E-state index in [9.17, 15) is 18.8 Å². The highest BCUT2D eigenvalue weighted by Gasteiger charge is 2.15. The quantitative estimate of drug-likeness (QED) is 0.141. The van der Waals surface area contributed by atoms with Crippen LogP contribution in [0.4, 0.5) is 15.8 Å². The van der Waals surface area contributed by atoms with Gasteiger partial charge in [-0.05, 0) is 78.4 Å². The number of hydrogen-bond donors (Lipinski definition) is 3. The normalized spacial score (nSPS) is 11.0. The summed E-state index contributed by atoms with van der Waals surface area (Å²) in [6.45, 7) is 0. The van der Waals surface area contributed by atoms with Crippen LogP contribution < -0.4 is 16.0 Å². The molecule has 10 heteroatoms. The Morgan fingerprint density at radius 1 is 0.775 bits per heavy atom. The molecular weight excluding hydrogens is 572 g/mol. The Balaban J connectivity index is 1.39. The van der Waals surface area contributed by atoms with Gasteiger partial charge in [-0.15, -0.1) is 11.8 Å². The van der Waals surface area contributed by atoms with Gasteiger partial charge in [-0.25, -0.2) is 4.39 Å². The molecule has 40 heavy (non-hydrogen) atoms. The van der Waals surface area contributed by atoms with E-state index in [1.807, 2.05) is 0 Å². The summed E-state index contributed by atoms with van der Waals surface area (Å²) in [6.07, 6.45) is 1.46. The van der Waals surface area contributed by atoms with Crippen LogP contribution in [-0.4, -0.2) is 23.5 Å². The van der Waals surface area contributed by atoms with Gasteiger partial charge in [0.2, 0.25) is 5.91 Å². The monoisotopic (exact) mass is 593 g/mol. The Morgan fingerprint density at radius 2 is 1.45 bits per heavy atom. The van der Waals surface area contributed by atoms with Crippen LogP contribution in [0.3, 0.4) is 0 Å². The Labute approximate surface area is 244 Å². The van der Waals surface area contributed by atoms with Crippen LogP contribution in [0.1, 0.15) is 15.9 Å². The highest BCUT2D eigenvalue weighted by molar-refractivity contribution is 8.00. The number of benzene rings is 4. The lowest BCUT2D eigenvalue weighted by Crippen LogP contribution is -2.30. The van der Waals surface area contributed by atoms with Crippen molar-refractivity contribution in [3.05, 3.63) is 130 Å². The van der Waals surface area contributed by atoms with E-state index in [1.54, 1.807) is 72.8 Å². The van der Waals surface area contributed by atoms with Gasteiger partial charge < -0.3 is 16.0 Å². The third-order valence-electron chi connectivity index (χ3n) is 5.40. The Kier molecular flexibility index (Phi) is 9.96. The molecule has 0 aromatic heterocycles. The molecule has 0 aliphatic carbocycles. The number of thioether (sulfide) groups is 1. The second kappa shape index (κ2) is 13.8. The Morgan fingerprint density at radius 3 is 2.12 bits per heavy atom. The summed E-state index contributed by atoms with van der Waals surface area (Å²) in [6, 6.07) is 25.7. The highest BCUT2D eigenvalue weighted by atomic mass is 35.5. The van der Waals surface area contributed by atoms with Crippen molar-refractivity contribution in [3.63, 3.8) is 0 Å². The molecule has 0 fully saturated rings. The third-order valence-corrected chi connectivity index (χ3v) is 7.15. The first kappa shape index (κ1) is 28.9. The van der Waals surface area contributed by atoms with E-state index in [1.165, 1.54) is 42.1 Å². The summed E-state index contributed by atoms with van der Waals surface area (Å²) in [5.74, 6) is -1.50. The minimum absolute atomic E-state index is 0.0158. The molecule has 6 nitrogen and oxygen atoms in total. The maximum absolute atomic E-state index is 13.4. The molecule has 0 unspecified atom stereocenters. The van der Waals surface area contributed by atoms with Gasteiger partial charge >= 0.3 is 0 Å². The van der Waals surface area contributed by atoms with Gasteiger partial charge in [0.1, 0.15) is 11.5 Å². The number of nitrogens with one attached hydrogen (secondary N) is 3. The van der Waals surface area contributed by atoms with E-state index in [0.29, 0.717) is 32.5 Å². The predicted molar refractivity (Wildman–Crippen MR) is 159 cm³/mol. The second-order valence-electron chi connectivity index (χ2n) is 8.37. The lowest BCUT2D eigenvalue weighted by Gasteiger charge is -2.12. The van der Waals surface area contributed by atoms with Crippen LogP contribution in [0.2, 0.25) is 10.0 Å². The molecule has 3 N–H and O–H groups in total. The molecule has 0 atom stereocenters.